The van der Waals surface area contributed by atoms with Crippen LogP contribution in [0.2, 0.25) is 0 Å². The number of hydrogen-bond donors (Lipinski definition) is 2. The summed E-state index contributed by atoms with van der Waals surface area (Å²) in [5.41, 5.74) is 0. The molecule has 0 aromatic carbocycles. The first-order valence-corrected chi connectivity index (χ1v) is 33.3. The molecule has 3 atom stereocenters. The number of ether oxygens (including phenoxy) is 3. The number of phosphoric ester groups is 1. The Morgan fingerprint density at radius 2 is 0.667 bits per heavy atom. The molecule has 0 amide bonds. The molecule has 0 saturated carbocycles. The van der Waals surface area contributed by atoms with Crippen molar-refractivity contribution in [2.45, 2.75) is 303 Å². The quantitative estimate of drug-likeness (QED) is 0.0197. The molecule has 0 aliphatic carbocycles. The Morgan fingerprint density at radius 3 is 1.06 bits per heavy atom. The molecule has 0 heterocycles. The third kappa shape index (κ3) is 57.6. The van der Waals surface area contributed by atoms with Gasteiger partial charge in [0.1, 0.15) is 12.7 Å². The van der Waals surface area contributed by atoms with Gasteiger partial charge in [0.25, 0.3) is 0 Å². The number of hydrogen-bond acceptors (Lipinski definition) is 10. The summed E-state index contributed by atoms with van der Waals surface area (Å²) >= 11 is 0. The number of phosphoric acid groups is 1. The van der Waals surface area contributed by atoms with Crippen molar-refractivity contribution in [3.63, 3.8) is 0 Å². The fourth-order valence-corrected chi connectivity index (χ4v) is 9.57. The number of unbranched alkanes of at least 4 members (excludes halogenated alkanes) is 30. The highest BCUT2D eigenvalue weighted by atomic mass is 31.2. The Morgan fingerprint density at radius 1 is 0.372 bits per heavy atom. The van der Waals surface area contributed by atoms with Crippen molar-refractivity contribution in [1.29, 1.82) is 0 Å². The largest absolute Gasteiger partial charge is 0.472 e. The first kappa shape index (κ1) is 74.9. The molecule has 0 aliphatic rings. The van der Waals surface area contributed by atoms with Gasteiger partial charge in [-0.2, -0.15) is 0 Å². The zero-order chi connectivity index (χ0) is 56.9. The Balaban J connectivity index is 4.69. The minimum atomic E-state index is -4.76. The van der Waals surface area contributed by atoms with E-state index < -0.39 is 57.8 Å². The second-order valence-electron chi connectivity index (χ2n) is 21.2. The Kier molecular flexibility index (Phi) is 57.7. The summed E-state index contributed by atoms with van der Waals surface area (Å²) in [6.07, 6.45) is 68.6. The summed E-state index contributed by atoms with van der Waals surface area (Å²) in [5, 5.41) is 9.85. The van der Waals surface area contributed by atoms with E-state index in [1.54, 1.807) is 0 Å². The molecule has 0 rings (SSSR count). The van der Waals surface area contributed by atoms with E-state index in [0.717, 1.165) is 109 Å². The highest BCUT2D eigenvalue weighted by Gasteiger charge is 2.28. The molecule has 0 aromatic rings. The van der Waals surface area contributed by atoms with Crippen molar-refractivity contribution in [3.8, 4) is 0 Å². The molecule has 78 heavy (non-hydrogen) atoms. The summed E-state index contributed by atoms with van der Waals surface area (Å²) in [7, 11) is -4.76. The molecular formula is C66H117O11P. The minimum absolute atomic E-state index is 0.126. The van der Waals surface area contributed by atoms with Crippen molar-refractivity contribution >= 4 is 25.7 Å². The summed E-state index contributed by atoms with van der Waals surface area (Å²) in [5.74, 6) is -1.50. The first-order valence-electron chi connectivity index (χ1n) is 31.8. The third-order valence-electron chi connectivity index (χ3n) is 13.6. The fraction of sp³-hybridized carbons (Fsp3) is 0.773. The van der Waals surface area contributed by atoms with Gasteiger partial charge in [-0.05, 0) is 89.9 Å². The van der Waals surface area contributed by atoms with Crippen LogP contribution in [-0.2, 0) is 42.2 Å². The van der Waals surface area contributed by atoms with E-state index in [4.69, 9.17) is 23.3 Å². The van der Waals surface area contributed by atoms with E-state index in [1.807, 2.05) is 0 Å². The van der Waals surface area contributed by atoms with Crippen LogP contribution in [0, 0.1) is 0 Å². The highest BCUT2D eigenvalue weighted by molar-refractivity contribution is 7.47. The number of esters is 3. The van der Waals surface area contributed by atoms with E-state index in [-0.39, 0.29) is 25.9 Å². The van der Waals surface area contributed by atoms with Gasteiger partial charge in [-0.25, -0.2) is 4.57 Å². The lowest BCUT2D eigenvalue weighted by molar-refractivity contribution is -0.161. The summed E-state index contributed by atoms with van der Waals surface area (Å²) in [6, 6.07) is 0. The number of allylic oxidation sites excluding steroid dienone is 12. The standard InChI is InChI=1S/C66H117O11P/c1-4-7-10-13-16-19-22-25-27-29-31-33-35-38-41-44-47-50-53-56-65(69)76-62(58-67)60-74-78(71,72)75-61-63(59-73-64(68)55-52-49-46-43-40-37-24-21-18-15-12-9-6-3)77-66(70)57-54-51-48-45-42-39-36-34-32-30-28-26-23-20-17-14-11-8-5-2/h8,11,17,20-21,24,26,28,32,34,39,42,62-63,67H,4-7,9-10,12-16,18-19,22-23,25,27,29-31,33,35-38,40-41,43-61H2,1-3H3,(H,71,72)/b11-8-,20-17-,24-21-,28-26-,34-32-,42-39-. The number of carbonyl (C=O) groups is 3. The van der Waals surface area contributed by atoms with Crippen LogP contribution in [-0.4, -0.2) is 66.5 Å². The highest BCUT2D eigenvalue weighted by Crippen LogP contribution is 2.43. The molecule has 0 aromatic heterocycles. The monoisotopic (exact) mass is 1120 g/mol. The summed E-state index contributed by atoms with van der Waals surface area (Å²) in [6.45, 7) is 4.51. The topological polar surface area (TPSA) is 155 Å². The Hall–Kier alpha value is -3.08. The molecule has 11 nitrogen and oxygen atoms in total. The van der Waals surface area contributed by atoms with Crippen LogP contribution in [0.15, 0.2) is 72.9 Å². The van der Waals surface area contributed by atoms with Gasteiger partial charge in [0.15, 0.2) is 6.10 Å². The smallest absolute Gasteiger partial charge is 0.462 e. The van der Waals surface area contributed by atoms with Gasteiger partial charge in [0.2, 0.25) is 0 Å². The minimum Gasteiger partial charge on any atom is -0.462 e. The lowest BCUT2D eigenvalue weighted by Crippen LogP contribution is -2.30. The van der Waals surface area contributed by atoms with Gasteiger partial charge in [-0.1, -0.05) is 254 Å². The van der Waals surface area contributed by atoms with Crippen molar-refractivity contribution < 1.29 is 52.2 Å². The summed E-state index contributed by atoms with van der Waals surface area (Å²) in [4.78, 5) is 48.7. The van der Waals surface area contributed by atoms with Crippen LogP contribution in [0.5, 0.6) is 0 Å². The zero-order valence-electron chi connectivity index (χ0n) is 50.1. The first-order chi connectivity index (χ1) is 38.2. The third-order valence-corrected chi connectivity index (χ3v) is 14.6. The van der Waals surface area contributed by atoms with E-state index >= 15 is 0 Å². The van der Waals surface area contributed by atoms with Crippen LogP contribution in [0.25, 0.3) is 0 Å². The molecule has 452 valence electrons. The van der Waals surface area contributed by atoms with Gasteiger partial charge in [-0.3, -0.25) is 23.4 Å². The van der Waals surface area contributed by atoms with Crippen LogP contribution in [0.3, 0.4) is 0 Å². The molecule has 12 heteroatoms. The van der Waals surface area contributed by atoms with Crippen LogP contribution < -0.4 is 0 Å². The van der Waals surface area contributed by atoms with E-state index in [2.05, 4.69) is 93.7 Å². The van der Waals surface area contributed by atoms with Crippen molar-refractivity contribution in [2.75, 3.05) is 26.4 Å². The number of carbonyl (C=O) groups excluding carboxylic acids is 3. The number of rotatable bonds is 59. The lowest BCUT2D eigenvalue weighted by atomic mass is 10.0. The van der Waals surface area contributed by atoms with Crippen molar-refractivity contribution in [1.82, 2.24) is 0 Å². The molecule has 0 spiro atoms. The van der Waals surface area contributed by atoms with Crippen LogP contribution in [0.1, 0.15) is 290 Å². The molecule has 0 bridgehead atoms. The SMILES string of the molecule is CC/C=C\C/C=C\C/C=C\C/C=C\C/C=C\CCCCCC(=O)OC(COC(=O)CCCCCCC/C=C\CCCCCC)COP(=O)(O)OCC(CO)OC(=O)CCCCCCCCCCCCCCCCCCCCC. The normalized spacial score (nSPS) is 13.8. The zero-order valence-corrected chi connectivity index (χ0v) is 51.0. The molecule has 0 fully saturated rings. The molecule has 0 saturated heterocycles. The average Bonchev–Trinajstić information content (AvgIpc) is 3.43. The van der Waals surface area contributed by atoms with Crippen LogP contribution in [0.4, 0.5) is 0 Å². The maximum atomic E-state index is 12.9. The summed E-state index contributed by atoms with van der Waals surface area (Å²) < 4.78 is 39.6. The Bertz CT molecular complexity index is 1590. The fourth-order valence-electron chi connectivity index (χ4n) is 8.79. The second-order valence-corrected chi connectivity index (χ2v) is 22.7. The molecule has 0 radical (unpaired) electrons. The molecule has 2 N–H and O–H groups in total. The number of aliphatic hydroxyl groups is 1. The van der Waals surface area contributed by atoms with Gasteiger partial charge in [-0.15, -0.1) is 0 Å². The second kappa shape index (κ2) is 60.0. The van der Waals surface area contributed by atoms with Crippen LogP contribution >= 0.6 is 7.82 Å². The maximum Gasteiger partial charge on any atom is 0.472 e. The predicted molar refractivity (Wildman–Crippen MR) is 325 cm³/mol. The lowest BCUT2D eigenvalue weighted by Gasteiger charge is -2.21. The Labute approximate surface area is 478 Å². The van der Waals surface area contributed by atoms with Gasteiger partial charge in [0.05, 0.1) is 19.8 Å². The van der Waals surface area contributed by atoms with Gasteiger partial charge < -0.3 is 24.2 Å². The molecule has 3 unspecified atom stereocenters. The van der Waals surface area contributed by atoms with E-state index in [0.29, 0.717) is 19.3 Å². The average molecular weight is 1120 g/mol. The number of aliphatic hydroxyl groups excluding tert-OH is 1. The van der Waals surface area contributed by atoms with Gasteiger partial charge >= 0.3 is 25.7 Å². The predicted octanol–water partition coefficient (Wildman–Crippen LogP) is 19.3. The van der Waals surface area contributed by atoms with Gasteiger partial charge in [0, 0.05) is 19.3 Å². The van der Waals surface area contributed by atoms with Crippen molar-refractivity contribution in [3.05, 3.63) is 72.9 Å². The molecule has 0 aliphatic heterocycles. The maximum absolute atomic E-state index is 12.9. The van der Waals surface area contributed by atoms with E-state index in [9.17, 15) is 28.9 Å². The molecular weight excluding hydrogens is 1000 g/mol. The van der Waals surface area contributed by atoms with E-state index in [1.165, 1.54) is 122 Å². The van der Waals surface area contributed by atoms with Crippen molar-refractivity contribution in [2.24, 2.45) is 0 Å².